The minimum absolute atomic E-state index is 0.0980. The number of carbonyl (C=O) groups excluding carboxylic acids is 2. The first-order valence-corrected chi connectivity index (χ1v) is 8.81. The van der Waals surface area contributed by atoms with Gasteiger partial charge in [-0.05, 0) is 48.9 Å². The van der Waals surface area contributed by atoms with Crippen LogP contribution in [0.25, 0.3) is 0 Å². The molecule has 5 nitrogen and oxygen atoms in total. The van der Waals surface area contributed by atoms with Gasteiger partial charge in [-0.3, -0.25) is 9.59 Å². The molecule has 2 aromatic rings. The molecular formula is C19H18BrNO4. The largest absolute Gasteiger partial charge is 0.486 e. The molecule has 25 heavy (non-hydrogen) atoms. The third kappa shape index (κ3) is 4.39. The van der Waals surface area contributed by atoms with Gasteiger partial charge in [0.05, 0.1) is 0 Å². The van der Waals surface area contributed by atoms with E-state index >= 15 is 0 Å². The second-order valence-corrected chi connectivity index (χ2v) is 6.65. The Bertz CT molecular complexity index is 819. The molecule has 1 heterocycles. The first-order chi connectivity index (χ1) is 12.0. The molecule has 2 aromatic carbocycles. The molecule has 1 aliphatic rings. The molecule has 1 aliphatic heterocycles. The molecule has 1 N–H and O–H groups in total. The Morgan fingerprint density at radius 1 is 1.04 bits per heavy atom. The Morgan fingerprint density at radius 2 is 1.80 bits per heavy atom. The predicted molar refractivity (Wildman–Crippen MR) is 98.5 cm³/mol. The van der Waals surface area contributed by atoms with Gasteiger partial charge < -0.3 is 14.8 Å². The van der Waals surface area contributed by atoms with Crippen LogP contribution >= 0.6 is 15.9 Å². The standard InChI is InChI=1S/C19H18BrNO4/c1-12-10-14(3-4-15(12)20)21-19(23)7-5-16(22)13-2-6-17-18(11-13)25-9-8-24-17/h2-4,6,10-11H,5,7-9H2,1H3,(H,21,23). The van der Waals surface area contributed by atoms with Crippen LogP contribution in [0.3, 0.4) is 0 Å². The van der Waals surface area contributed by atoms with Crippen LogP contribution in [0.1, 0.15) is 28.8 Å². The fourth-order valence-corrected chi connectivity index (χ4v) is 2.78. The number of ketones is 1. The smallest absolute Gasteiger partial charge is 0.224 e. The van der Waals surface area contributed by atoms with E-state index in [2.05, 4.69) is 21.2 Å². The van der Waals surface area contributed by atoms with Crippen LogP contribution < -0.4 is 14.8 Å². The maximum atomic E-state index is 12.3. The SMILES string of the molecule is Cc1cc(NC(=O)CCC(=O)c2ccc3c(c2)OCCO3)ccc1Br. The molecule has 0 saturated carbocycles. The number of Topliss-reactive ketones (excluding diaryl/α,β-unsaturated/α-hetero) is 1. The van der Waals surface area contributed by atoms with Crippen LogP contribution in [-0.2, 0) is 4.79 Å². The first kappa shape index (κ1) is 17.5. The highest BCUT2D eigenvalue weighted by molar-refractivity contribution is 9.10. The normalized spacial score (nSPS) is 12.6. The number of hydrogen-bond donors (Lipinski definition) is 1. The van der Waals surface area contributed by atoms with E-state index in [9.17, 15) is 9.59 Å². The number of anilines is 1. The molecule has 0 saturated heterocycles. The summed E-state index contributed by atoms with van der Waals surface area (Å²) in [4.78, 5) is 24.4. The lowest BCUT2D eigenvalue weighted by Gasteiger charge is -2.18. The van der Waals surface area contributed by atoms with Gasteiger partial charge in [0.1, 0.15) is 13.2 Å². The van der Waals surface area contributed by atoms with Gasteiger partial charge in [0.2, 0.25) is 5.91 Å². The number of rotatable bonds is 5. The average molecular weight is 404 g/mol. The highest BCUT2D eigenvalue weighted by Gasteiger charge is 2.16. The average Bonchev–Trinajstić information content (AvgIpc) is 2.62. The van der Waals surface area contributed by atoms with Gasteiger partial charge in [-0.2, -0.15) is 0 Å². The van der Waals surface area contributed by atoms with Gasteiger partial charge in [-0.15, -0.1) is 0 Å². The van der Waals surface area contributed by atoms with E-state index in [1.807, 2.05) is 25.1 Å². The zero-order chi connectivity index (χ0) is 17.8. The van der Waals surface area contributed by atoms with E-state index in [0.717, 1.165) is 15.7 Å². The van der Waals surface area contributed by atoms with E-state index in [1.54, 1.807) is 18.2 Å². The fourth-order valence-electron chi connectivity index (χ4n) is 2.53. The Hall–Kier alpha value is -2.34. The number of fused-ring (bicyclic) bond motifs is 1. The minimum Gasteiger partial charge on any atom is -0.486 e. The van der Waals surface area contributed by atoms with Crippen LogP contribution in [0.2, 0.25) is 0 Å². The molecule has 6 heteroatoms. The third-order valence-corrected chi connectivity index (χ3v) is 4.77. The summed E-state index contributed by atoms with van der Waals surface area (Å²) in [6.07, 6.45) is 0.267. The second-order valence-electron chi connectivity index (χ2n) is 5.79. The summed E-state index contributed by atoms with van der Waals surface area (Å²) < 4.78 is 11.9. The lowest BCUT2D eigenvalue weighted by molar-refractivity contribution is -0.116. The van der Waals surface area contributed by atoms with E-state index in [0.29, 0.717) is 30.3 Å². The maximum absolute atomic E-state index is 12.3. The Kier molecular flexibility index (Phi) is 5.38. The van der Waals surface area contributed by atoms with Crippen molar-refractivity contribution in [1.82, 2.24) is 0 Å². The quantitative estimate of drug-likeness (QED) is 0.762. The molecule has 0 bridgehead atoms. The van der Waals surface area contributed by atoms with Gasteiger partial charge in [-0.1, -0.05) is 15.9 Å². The van der Waals surface area contributed by atoms with E-state index in [4.69, 9.17) is 9.47 Å². The molecule has 3 rings (SSSR count). The summed E-state index contributed by atoms with van der Waals surface area (Å²) in [5.74, 6) is 0.935. The first-order valence-electron chi connectivity index (χ1n) is 8.02. The lowest BCUT2D eigenvalue weighted by Crippen LogP contribution is -2.16. The maximum Gasteiger partial charge on any atom is 0.224 e. The molecule has 1 amide bonds. The molecule has 130 valence electrons. The molecular weight excluding hydrogens is 386 g/mol. The minimum atomic E-state index is -0.187. The number of halogens is 1. The number of ether oxygens (including phenoxy) is 2. The second kappa shape index (κ2) is 7.70. The van der Waals surface area contributed by atoms with E-state index < -0.39 is 0 Å². The molecule has 0 fully saturated rings. The number of amides is 1. The Labute approximate surface area is 154 Å². The lowest BCUT2D eigenvalue weighted by atomic mass is 10.1. The van der Waals surface area contributed by atoms with Crippen molar-refractivity contribution in [3.8, 4) is 11.5 Å². The summed E-state index contributed by atoms with van der Waals surface area (Å²) >= 11 is 3.42. The zero-order valence-electron chi connectivity index (χ0n) is 13.8. The topological polar surface area (TPSA) is 64.6 Å². The number of hydrogen-bond acceptors (Lipinski definition) is 4. The van der Waals surface area contributed by atoms with Crippen molar-refractivity contribution >= 4 is 33.3 Å². The highest BCUT2D eigenvalue weighted by Crippen LogP contribution is 2.31. The fraction of sp³-hybridized carbons (Fsp3) is 0.263. The summed E-state index contributed by atoms with van der Waals surface area (Å²) in [6, 6.07) is 10.7. The summed E-state index contributed by atoms with van der Waals surface area (Å²) in [5.41, 5.74) is 2.28. The zero-order valence-corrected chi connectivity index (χ0v) is 15.4. The van der Waals surface area contributed by atoms with Gasteiger partial charge in [0.15, 0.2) is 17.3 Å². The number of nitrogens with one attached hydrogen (secondary N) is 1. The number of benzene rings is 2. The summed E-state index contributed by atoms with van der Waals surface area (Å²) in [5, 5.41) is 2.81. The van der Waals surface area contributed by atoms with Crippen molar-refractivity contribution in [2.45, 2.75) is 19.8 Å². The van der Waals surface area contributed by atoms with Gasteiger partial charge in [0.25, 0.3) is 0 Å². The number of aryl methyl sites for hydroxylation is 1. The van der Waals surface area contributed by atoms with Crippen molar-refractivity contribution in [1.29, 1.82) is 0 Å². The summed E-state index contributed by atoms with van der Waals surface area (Å²) in [7, 11) is 0. The summed E-state index contributed by atoms with van der Waals surface area (Å²) in [6.45, 7) is 2.93. The van der Waals surface area contributed by atoms with Gasteiger partial charge in [-0.25, -0.2) is 0 Å². The Balaban J connectivity index is 1.56. The van der Waals surface area contributed by atoms with Crippen molar-refractivity contribution in [3.63, 3.8) is 0 Å². The third-order valence-electron chi connectivity index (χ3n) is 3.88. The van der Waals surface area contributed by atoms with Crippen molar-refractivity contribution in [2.75, 3.05) is 18.5 Å². The van der Waals surface area contributed by atoms with E-state index in [1.165, 1.54) is 0 Å². The van der Waals surface area contributed by atoms with Crippen LogP contribution in [0.15, 0.2) is 40.9 Å². The van der Waals surface area contributed by atoms with Crippen molar-refractivity contribution < 1.29 is 19.1 Å². The molecule has 0 radical (unpaired) electrons. The Morgan fingerprint density at radius 3 is 2.56 bits per heavy atom. The molecule has 0 spiro atoms. The molecule has 0 aliphatic carbocycles. The van der Waals surface area contributed by atoms with Gasteiger partial charge in [0, 0.05) is 28.6 Å². The van der Waals surface area contributed by atoms with E-state index in [-0.39, 0.29) is 24.5 Å². The van der Waals surface area contributed by atoms with Crippen LogP contribution in [0.5, 0.6) is 11.5 Å². The van der Waals surface area contributed by atoms with Crippen molar-refractivity contribution in [2.24, 2.45) is 0 Å². The van der Waals surface area contributed by atoms with Crippen LogP contribution in [0, 0.1) is 6.92 Å². The van der Waals surface area contributed by atoms with Crippen molar-refractivity contribution in [3.05, 3.63) is 52.0 Å². The molecule has 0 aromatic heterocycles. The monoisotopic (exact) mass is 403 g/mol. The number of carbonyl (C=O) groups is 2. The highest BCUT2D eigenvalue weighted by atomic mass is 79.9. The van der Waals surface area contributed by atoms with Crippen LogP contribution in [0.4, 0.5) is 5.69 Å². The predicted octanol–water partition coefficient (Wildman–Crippen LogP) is 4.13. The van der Waals surface area contributed by atoms with Gasteiger partial charge >= 0.3 is 0 Å². The molecule has 0 atom stereocenters. The van der Waals surface area contributed by atoms with Crippen LogP contribution in [-0.4, -0.2) is 24.9 Å². The molecule has 0 unspecified atom stereocenters.